The summed E-state index contributed by atoms with van der Waals surface area (Å²) in [5.74, 6) is -1.85. The Morgan fingerprint density at radius 2 is 1.80 bits per heavy atom. The first-order chi connectivity index (χ1) is 13.6. The second-order valence-corrected chi connectivity index (χ2v) is 12.0. The van der Waals surface area contributed by atoms with E-state index in [4.69, 9.17) is 9.47 Å². The fourth-order valence-corrected chi connectivity index (χ4v) is 6.57. The number of nitrogens with one attached hydrogen (secondary N) is 1. The maximum absolute atomic E-state index is 12.9. The maximum Gasteiger partial charge on any atom is 0.330 e. The minimum absolute atomic E-state index is 0.323. The van der Waals surface area contributed by atoms with E-state index in [1.54, 1.807) is 33.9 Å². The van der Waals surface area contributed by atoms with E-state index < -0.39 is 59.9 Å². The van der Waals surface area contributed by atoms with Gasteiger partial charge in [-0.05, 0) is 34.6 Å². The number of carbonyl (C=O) groups excluding carboxylic acids is 2. The van der Waals surface area contributed by atoms with Gasteiger partial charge in [0.05, 0.1) is 12.2 Å². The third-order valence-electron chi connectivity index (χ3n) is 5.54. The largest absolute Gasteiger partial charge is 0.376 e. The number of carbonyl (C=O) groups is 2. The Kier molecular flexibility index (Phi) is 6.20. The van der Waals surface area contributed by atoms with Gasteiger partial charge in [0.1, 0.15) is 14.9 Å². The molecule has 10 nitrogen and oxygen atoms in total. The van der Waals surface area contributed by atoms with E-state index in [0.717, 1.165) is 30.7 Å². The van der Waals surface area contributed by atoms with E-state index in [1.807, 2.05) is 0 Å². The number of hydrogen-bond acceptors (Lipinski definition) is 8. The number of hydrogen-bond donors (Lipinski definition) is 3. The van der Waals surface area contributed by atoms with Gasteiger partial charge in [0.2, 0.25) is 5.60 Å². The lowest BCUT2D eigenvalue weighted by Crippen LogP contribution is -2.75. The molecule has 1 aliphatic heterocycles. The standard InChI is InChI=1S/C19H30N2O8Si/c1-11(22)17(26)13(10-28-16(3,4)5)29-19(30(6)7,18(17,27)12(2)23)21-9-8-14(24)20-15(21)25/h8-9,13,26-27,30H,10H2,1-7H3,(H,20,24,25)/t13-,17-,18-,19+/m1/s1. The summed E-state index contributed by atoms with van der Waals surface area (Å²) >= 11 is 0. The summed E-state index contributed by atoms with van der Waals surface area (Å²) in [6.07, 6.45) is -0.354. The molecule has 11 heteroatoms. The van der Waals surface area contributed by atoms with Gasteiger partial charge in [-0.2, -0.15) is 0 Å². The molecule has 30 heavy (non-hydrogen) atoms. The summed E-state index contributed by atoms with van der Waals surface area (Å²) in [5.41, 5.74) is -7.77. The fourth-order valence-electron chi connectivity index (χ4n) is 4.12. The zero-order valence-corrected chi connectivity index (χ0v) is 19.5. The number of aromatic nitrogens is 2. The Labute approximate surface area is 175 Å². The van der Waals surface area contributed by atoms with Gasteiger partial charge in [-0.15, -0.1) is 0 Å². The number of H-pyrrole nitrogens is 1. The third-order valence-corrected chi connectivity index (χ3v) is 7.93. The van der Waals surface area contributed by atoms with E-state index in [9.17, 15) is 29.4 Å². The van der Waals surface area contributed by atoms with E-state index in [2.05, 4.69) is 4.98 Å². The normalized spacial score (nSPS) is 31.9. The summed E-state index contributed by atoms with van der Waals surface area (Å²) in [4.78, 5) is 51.9. The lowest BCUT2D eigenvalue weighted by Gasteiger charge is -2.46. The fraction of sp³-hybridized carbons (Fsp3) is 0.684. The first kappa shape index (κ1) is 24.3. The van der Waals surface area contributed by atoms with E-state index in [1.165, 1.54) is 0 Å². The lowest BCUT2D eigenvalue weighted by molar-refractivity contribution is -0.189. The molecule has 0 bridgehead atoms. The van der Waals surface area contributed by atoms with Crippen molar-refractivity contribution >= 4 is 20.4 Å². The van der Waals surface area contributed by atoms with Crippen LogP contribution in [0.2, 0.25) is 13.1 Å². The van der Waals surface area contributed by atoms with Crippen molar-refractivity contribution in [2.24, 2.45) is 0 Å². The molecule has 0 amide bonds. The Balaban J connectivity index is 2.90. The van der Waals surface area contributed by atoms with Crippen molar-refractivity contribution in [3.05, 3.63) is 33.1 Å². The van der Waals surface area contributed by atoms with Gasteiger partial charge in [0, 0.05) is 12.3 Å². The summed E-state index contributed by atoms with van der Waals surface area (Å²) in [6.45, 7) is 10.4. The predicted molar refractivity (Wildman–Crippen MR) is 110 cm³/mol. The van der Waals surface area contributed by atoms with Crippen molar-refractivity contribution in [1.82, 2.24) is 9.55 Å². The molecule has 4 atom stereocenters. The van der Waals surface area contributed by atoms with Gasteiger partial charge in [-0.1, -0.05) is 13.1 Å². The second-order valence-electron chi connectivity index (χ2n) is 8.95. The van der Waals surface area contributed by atoms with Crippen LogP contribution >= 0.6 is 0 Å². The molecule has 1 fully saturated rings. The molecule has 0 spiro atoms. The minimum atomic E-state index is -2.79. The minimum Gasteiger partial charge on any atom is -0.376 e. The number of Topliss-reactive ketones (excluding diaryl/α,β-unsaturated/α-hetero) is 2. The average Bonchev–Trinajstić information content (AvgIpc) is 2.81. The molecule has 1 aromatic heterocycles. The number of ether oxygens (including phenoxy) is 2. The molecule has 0 radical (unpaired) electrons. The molecule has 1 aromatic rings. The van der Waals surface area contributed by atoms with Crippen molar-refractivity contribution in [3.8, 4) is 0 Å². The second kappa shape index (κ2) is 7.64. The monoisotopic (exact) mass is 442 g/mol. The van der Waals surface area contributed by atoms with Crippen LogP contribution in [0, 0.1) is 0 Å². The van der Waals surface area contributed by atoms with E-state index >= 15 is 0 Å². The maximum atomic E-state index is 12.9. The van der Waals surface area contributed by atoms with Crippen LogP contribution in [0.25, 0.3) is 0 Å². The highest BCUT2D eigenvalue weighted by molar-refractivity contribution is 6.59. The van der Waals surface area contributed by atoms with Gasteiger partial charge in [0.25, 0.3) is 5.56 Å². The van der Waals surface area contributed by atoms with Crippen molar-refractivity contribution in [3.63, 3.8) is 0 Å². The van der Waals surface area contributed by atoms with Crippen LogP contribution in [-0.2, 0) is 24.4 Å². The summed E-state index contributed by atoms with van der Waals surface area (Å²) in [5, 5.41) is 21.2. The summed E-state index contributed by atoms with van der Waals surface area (Å²) in [7, 11) is -2.46. The number of aliphatic hydroxyl groups is 2. The molecular formula is C19H30N2O8Si. The molecule has 0 aliphatic carbocycles. The quantitative estimate of drug-likeness (QED) is 0.479. The van der Waals surface area contributed by atoms with Crippen LogP contribution in [0.1, 0.15) is 34.6 Å². The summed E-state index contributed by atoms with van der Waals surface area (Å²) in [6, 6.07) is 1.04. The molecule has 168 valence electrons. The molecule has 2 rings (SSSR count). The van der Waals surface area contributed by atoms with Gasteiger partial charge in [-0.25, -0.2) is 4.79 Å². The molecule has 3 N–H and O–H groups in total. The van der Waals surface area contributed by atoms with Gasteiger partial charge < -0.3 is 19.7 Å². The molecule has 0 unspecified atom stereocenters. The number of aromatic amines is 1. The Morgan fingerprint density at radius 1 is 1.23 bits per heavy atom. The lowest BCUT2D eigenvalue weighted by atomic mass is 9.74. The van der Waals surface area contributed by atoms with E-state index in [0.29, 0.717) is 0 Å². The Hall–Kier alpha value is -1.92. The van der Waals surface area contributed by atoms with Crippen LogP contribution in [0.3, 0.4) is 0 Å². The average molecular weight is 443 g/mol. The van der Waals surface area contributed by atoms with Gasteiger partial charge >= 0.3 is 5.69 Å². The number of ketones is 2. The van der Waals surface area contributed by atoms with Crippen molar-refractivity contribution < 1.29 is 29.3 Å². The van der Waals surface area contributed by atoms with Crippen LogP contribution in [0.4, 0.5) is 0 Å². The SMILES string of the molecule is CC(=O)[C@@]1(O)[C@@](O)(C(C)=O)[C@@H](COC(C)(C)C)O[C@]1(n1ccc(=O)[nH]c1=O)[SiH](C)C. The topological polar surface area (TPSA) is 148 Å². The Bertz CT molecular complexity index is 964. The van der Waals surface area contributed by atoms with Gasteiger partial charge in [0.15, 0.2) is 22.5 Å². The first-order valence-electron chi connectivity index (χ1n) is 9.66. The zero-order valence-electron chi connectivity index (χ0n) is 18.3. The van der Waals surface area contributed by atoms with Crippen molar-refractivity contribution in [2.75, 3.05) is 6.61 Å². The van der Waals surface area contributed by atoms with Crippen LogP contribution in [-0.4, -0.2) is 69.6 Å². The smallest absolute Gasteiger partial charge is 0.330 e. The highest BCUT2D eigenvalue weighted by atomic mass is 28.3. The van der Waals surface area contributed by atoms with Gasteiger partial charge in [-0.3, -0.25) is 23.9 Å². The molecule has 1 aliphatic rings. The molecular weight excluding hydrogens is 412 g/mol. The number of rotatable bonds is 6. The number of nitrogens with zero attached hydrogens (tertiary/aromatic N) is 1. The van der Waals surface area contributed by atoms with Crippen LogP contribution in [0.15, 0.2) is 21.9 Å². The molecule has 1 saturated heterocycles. The zero-order chi connectivity index (χ0) is 23.3. The molecule has 0 saturated carbocycles. The summed E-state index contributed by atoms with van der Waals surface area (Å²) < 4.78 is 12.7. The van der Waals surface area contributed by atoms with Crippen molar-refractivity contribution in [2.45, 2.75) is 76.0 Å². The Morgan fingerprint density at radius 3 is 2.20 bits per heavy atom. The van der Waals surface area contributed by atoms with Crippen LogP contribution < -0.4 is 11.2 Å². The highest BCUT2D eigenvalue weighted by Crippen LogP contribution is 2.52. The third kappa shape index (κ3) is 3.34. The first-order valence-corrected chi connectivity index (χ1v) is 12.6. The highest BCUT2D eigenvalue weighted by Gasteiger charge is 2.79. The molecule has 0 aromatic carbocycles. The van der Waals surface area contributed by atoms with E-state index in [-0.39, 0.29) is 6.61 Å². The predicted octanol–water partition coefficient (Wildman–Crippen LogP) is -0.931. The van der Waals surface area contributed by atoms with Crippen LogP contribution in [0.5, 0.6) is 0 Å². The molecule has 2 heterocycles. The van der Waals surface area contributed by atoms with Crippen molar-refractivity contribution in [1.29, 1.82) is 0 Å².